The maximum absolute atomic E-state index is 12.3. The van der Waals surface area contributed by atoms with Crippen molar-refractivity contribution in [2.24, 2.45) is 0 Å². The van der Waals surface area contributed by atoms with Crippen molar-refractivity contribution in [3.8, 4) is 0 Å². The Labute approximate surface area is 119 Å². The van der Waals surface area contributed by atoms with Crippen LogP contribution >= 0.6 is 0 Å². The third-order valence-corrected chi connectivity index (χ3v) is 4.80. The normalized spacial score (nSPS) is 11.8. The zero-order valence-corrected chi connectivity index (χ0v) is 12.8. The van der Waals surface area contributed by atoms with Crippen molar-refractivity contribution in [1.82, 2.24) is 9.88 Å². The molecule has 0 saturated heterocycles. The maximum Gasteiger partial charge on any atom is 0.241 e. The van der Waals surface area contributed by atoms with Crippen LogP contribution in [0.1, 0.15) is 28.1 Å². The lowest BCUT2D eigenvalue weighted by molar-refractivity contribution is 0.392. The SMILES string of the molecule is Cc1ccc(S(=O)(=O)NCc2c(C)noc2C)c(C)c1. The molecule has 0 bridgehead atoms. The first-order valence-electron chi connectivity index (χ1n) is 6.30. The Morgan fingerprint density at radius 3 is 2.45 bits per heavy atom. The first-order chi connectivity index (χ1) is 9.31. The van der Waals surface area contributed by atoms with Crippen LogP contribution in [0.25, 0.3) is 0 Å². The fraction of sp³-hybridized carbons (Fsp3) is 0.357. The van der Waals surface area contributed by atoms with Crippen LogP contribution in [0.3, 0.4) is 0 Å². The monoisotopic (exact) mass is 294 g/mol. The standard InChI is InChI=1S/C14H18N2O3S/c1-9-5-6-14(10(2)7-9)20(17,18)15-8-13-11(3)16-19-12(13)4/h5-7,15H,8H2,1-4H3. The van der Waals surface area contributed by atoms with Crippen LogP contribution in [0, 0.1) is 27.7 Å². The lowest BCUT2D eigenvalue weighted by atomic mass is 10.2. The highest BCUT2D eigenvalue weighted by molar-refractivity contribution is 7.89. The van der Waals surface area contributed by atoms with Crippen molar-refractivity contribution in [1.29, 1.82) is 0 Å². The minimum absolute atomic E-state index is 0.177. The van der Waals surface area contributed by atoms with Gasteiger partial charge in [-0.25, -0.2) is 13.1 Å². The topological polar surface area (TPSA) is 72.2 Å². The second-order valence-corrected chi connectivity index (χ2v) is 6.63. The fourth-order valence-corrected chi connectivity index (χ4v) is 3.32. The van der Waals surface area contributed by atoms with Crippen LogP contribution in [0.15, 0.2) is 27.6 Å². The fourth-order valence-electron chi connectivity index (χ4n) is 2.10. The number of hydrogen-bond acceptors (Lipinski definition) is 4. The largest absolute Gasteiger partial charge is 0.361 e. The molecular weight excluding hydrogens is 276 g/mol. The molecule has 0 fully saturated rings. The molecule has 0 saturated carbocycles. The zero-order valence-electron chi connectivity index (χ0n) is 12.0. The van der Waals surface area contributed by atoms with Crippen LogP contribution < -0.4 is 4.72 Å². The van der Waals surface area contributed by atoms with E-state index in [4.69, 9.17) is 4.52 Å². The molecule has 0 spiro atoms. The highest BCUT2D eigenvalue weighted by Crippen LogP contribution is 2.18. The van der Waals surface area contributed by atoms with Gasteiger partial charge in [-0.2, -0.15) is 0 Å². The third kappa shape index (κ3) is 2.91. The molecule has 0 aliphatic heterocycles. The number of aromatic nitrogens is 1. The van der Waals surface area contributed by atoms with Gasteiger partial charge in [0.25, 0.3) is 0 Å². The summed E-state index contributed by atoms with van der Waals surface area (Å²) in [6, 6.07) is 5.27. The second kappa shape index (κ2) is 5.38. The number of hydrogen-bond donors (Lipinski definition) is 1. The van der Waals surface area contributed by atoms with Crippen molar-refractivity contribution in [3.63, 3.8) is 0 Å². The molecular formula is C14H18N2O3S. The number of nitrogens with one attached hydrogen (secondary N) is 1. The number of sulfonamides is 1. The van der Waals surface area contributed by atoms with Gasteiger partial charge in [0.15, 0.2) is 0 Å². The van der Waals surface area contributed by atoms with Crippen molar-refractivity contribution in [3.05, 3.63) is 46.3 Å². The molecule has 0 aliphatic rings. The first kappa shape index (κ1) is 14.7. The van der Waals surface area contributed by atoms with Gasteiger partial charge in [0.1, 0.15) is 5.76 Å². The molecule has 2 rings (SSSR count). The van der Waals surface area contributed by atoms with Crippen molar-refractivity contribution in [2.75, 3.05) is 0 Å². The summed E-state index contributed by atoms with van der Waals surface area (Å²) in [6.45, 7) is 7.45. The summed E-state index contributed by atoms with van der Waals surface area (Å²) in [7, 11) is -3.54. The smallest absolute Gasteiger partial charge is 0.241 e. The van der Waals surface area contributed by atoms with E-state index in [2.05, 4.69) is 9.88 Å². The van der Waals surface area contributed by atoms with Gasteiger partial charge in [-0.3, -0.25) is 0 Å². The van der Waals surface area contributed by atoms with Crippen LogP contribution in [-0.4, -0.2) is 13.6 Å². The summed E-state index contributed by atoms with van der Waals surface area (Å²) in [5.41, 5.74) is 3.24. The maximum atomic E-state index is 12.3. The van der Waals surface area contributed by atoms with E-state index < -0.39 is 10.0 Å². The Bertz CT molecular complexity index is 713. The van der Waals surface area contributed by atoms with Crippen molar-refractivity contribution in [2.45, 2.75) is 39.1 Å². The predicted molar refractivity (Wildman–Crippen MR) is 75.9 cm³/mol. The summed E-state index contributed by atoms with van der Waals surface area (Å²) in [4.78, 5) is 0.301. The van der Waals surface area contributed by atoms with Gasteiger partial charge in [0.2, 0.25) is 10.0 Å². The van der Waals surface area contributed by atoms with Crippen molar-refractivity contribution < 1.29 is 12.9 Å². The molecule has 1 aromatic heterocycles. The molecule has 0 radical (unpaired) electrons. The Kier molecular flexibility index (Phi) is 3.96. The average Bonchev–Trinajstić information content (AvgIpc) is 2.66. The molecule has 0 unspecified atom stereocenters. The highest BCUT2D eigenvalue weighted by Gasteiger charge is 2.18. The van der Waals surface area contributed by atoms with Crippen LogP contribution in [0.2, 0.25) is 0 Å². The number of benzene rings is 1. The van der Waals surface area contributed by atoms with E-state index in [1.807, 2.05) is 13.0 Å². The minimum Gasteiger partial charge on any atom is -0.361 e. The average molecular weight is 294 g/mol. The second-order valence-electron chi connectivity index (χ2n) is 4.90. The summed E-state index contributed by atoms with van der Waals surface area (Å²) in [5, 5.41) is 3.81. The Balaban J connectivity index is 2.24. The molecule has 0 aliphatic carbocycles. The van der Waals surface area contributed by atoms with E-state index in [0.717, 1.165) is 16.7 Å². The quantitative estimate of drug-likeness (QED) is 0.939. The summed E-state index contributed by atoms with van der Waals surface area (Å²) < 4.78 is 32.3. The van der Waals surface area contributed by atoms with Crippen LogP contribution in [0.4, 0.5) is 0 Å². The molecule has 5 nitrogen and oxygen atoms in total. The molecule has 2 aromatic rings. The molecule has 1 aromatic carbocycles. The van der Waals surface area contributed by atoms with E-state index in [-0.39, 0.29) is 6.54 Å². The van der Waals surface area contributed by atoms with E-state index >= 15 is 0 Å². The van der Waals surface area contributed by atoms with Gasteiger partial charge in [0, 0.05) is 12.1 Å². The molecule has 108 valence electrons. The van der Waals surface area contributed by atoms with E-state index in [1.165, 1.54) is 0 Å². The summed E-state index contributed by atoms with van der Waals surface area (Å²) in [5.74, 6) is 0.630. The van der Waals surface area contributed by atoms with E-state index in [1.54, 1.807) is 32.9 Å². The number of nitrogens with zero attached hydrogens (tertiary/aromatic N) is 1. The van der Waals surface area contributed by atoms with E-state index in [0.29, 0.717) is 16.3 Å². The predicted octanol–water partition coefficient (Wildman–Crippen LogP) is 2.39. The Morgan fingerprint density at radius 2 is 1.90 bits per heavy atom. The Morgan fingerprint density at radius 1 is 1.20 bits per heavy atom. The first-order valence-corrected chi connectivity index (χ1v) is 7.78. The summed E-state index contributed by atoms with van der Waals surface area (Å²) >= 11 is 0. The highest BCUT2D eigenvalue weighted by atomic mass is 32.2. The zero-order chi connectivity index (χ0) is 14.9. The number of rotatable bonds is 4. The van der Waals surface area contributed by atoms with Gasteiger partial charge in [-0.05, 0) is 39.3 Å². The third-order valence-electron chi connectivity index (χ3n) is 3.24. The van der Waals surface area contributed by atoms with Gasteiger partial charge in [0.05, 0.1) is 10.6 Å². The lowest BCUT2D eigenvalue weighted by Gasteiger charge is -2.09. The lowest BCUT2D eigenvalue weighted by Crippen LogP contribution is -2.24. The molecule has 6 heteroatoms. The molecule has 0 atom stereocenters. The van der Waals surface area contributed by atoms with Crippen LogP contribution in [-0.2, 0) is 16.6 Å². The molecule has 20 heavy (non-hydrogen) atoms. The minimum atomic E-state index is -3.54. The summed E-state index contributed by atoms with van der Waals surface area (Å²) in [6.07, 6.45) is 0. The Hall–Kier alpha value is -1.66. The van der Waals surface area contributed by atoms with Crippen LogP contribution in [0.5, 0.6) is 0 Å². The van der Waals surface area contributed by atoms with Crippen molar-refractivity contribution >= 4 is 10.0 Å². The van der Waals surface area contributed by atoms with E-state index in [9.17, 15) is 8.42 Å². The van der Waals surface area contributed by atoms with Gasteiger partial charge in [-0.15, -0.1) is 0 Å². The molecule has 1 N–H and O–H groups in total. The molecule has 1 heterocycles. The van der Waals surface area contributed by atoms with Gasteiger partial charge in [-0.1, -0.05) is 22.9 Å². The number of aryl methyl sites for hydroxylation is 4. The van der Waals surface area contributed by atoms with Gasteiger partial charge >= 0.3 is 0 Å². The molecule has 0 amide bonds. The van der Waals surface area contributed by atoms with Gasteiger partial charge < -0.3 is 4.52 Å².